The maximum atomic E-state index is 12.2. The summed E-state index contributed by atoms with van der Waals surface area (Å²) in [6, 6.07) is 18.5. The second-order valence-corrected chi connectivity index (χ2v) is 7.92. The van der Waals surface area contributed by atoms with E-state index in [0.717, 1.165) is 16.8 Å². The normalized spacial score (nSPS) is 10.8. The smallest absolute Gasteiger partial charge is 0.262 e. The van der Waals surface area contributed by atoms with Gasteiger partial charge in [0, 0.05) is 16.9 Å². The molecule has 1 N–H and O–H groups in total. The first kappa shape index (κ1) is 22.8. The van der Waals surface area contributed by atoms with Gasteiger partial charge in [-0.15, -0.1) is 0 Å². The molecule has 3 aromatic carbocycles. The van der Waals surface area contributed by atoms with E-state index >= 15 is 0 Å². The highest BCUT2D eigenvalue weighted by Gasteiger charge is 2.14. The number of anilines is 1. The number of aryl methyl sites for hydroxylation is 1. The Morgan fingerprint density at radius 3 is 2.61 bits per heavy atom. The van der Waals surface area contributed by atoms with Gasteiger partial charge in [-0.1, -0.05) is 35.9 Å². The SMILES string of the molecule is CCOc1cc(C=Nc2ccc(C)c(Cl)c2)cc(Br)c1OCC(=O)Nc1ccccc1. The lowest BCUT2D eigenvalue weighted by molar-refractivity contribution is -0.118. The van der Waals surface area contributed by atoms with Crippen LogP contribution in [0.3, 0.4) is 0 Å². The van der Waals surface area contributed by atoms with Gasteiger partial charge in [0.05, 0.1) is 16.8 Å². The van der Waals surface area contributed by atoms with Crippen molar-refractivity contribution in [3.63, 3.8) is 0 Å². The van der Waals surface area contributed by atoms with Crippen molar-refractivity contribution in [2.75, 3.05) is 18.5 Å². The molecule has 0 heterocycles. The number of rotatable bonds is 8. The Morgan fingerprint density at radius 2 is 1.90 bits per heavy atom. The molecule has 0 spiro atoms. The van der Waals surface area contributed by atoms with Crippen molar-refractivity contribution in [3.8, 4) is 11.5 Å². The molecule has 0 radical (unpaired) electrons. The molecule has 1 amide bonds. The van der Waals surface area contributed by atoms with E-state index in [0.29, 0.717) is 33.3 Å². The molecule has 160 valence electrons. The van der Waals surface area contributed by atoms with E-state index in [1.54, 1.807) is 6.21 Å². The van der Waals surface area contributed by atoms with Crippen LogP contribution in [-0.4, -0.2) is 25.3 Å². The van der Waals surface area contributed by atoms with Crippen molar-refractivity contribution in [1.82, 2.24) is 0 Å². The van der Waals surface area contributed by atoms with Crippen LogP contribution >= 0.6 is 27.5 Å². The van der Waals surface area contributed by atoms with Crippen LogP contribution in [-0.2, 0) is 4.79 Å². The van der Waals surface area contributed by atoms with Crippen molar-refractivity contribution < 1.29 is 14.3 Å². The summed E-state index contributed by atoms with van der Waals surface area (Å²) < 4.78 is 12.1. The zero-order valence-corrected chi connectivity index (χ0v) is 19.5. The van der Waals surface area contributed by atoms with E-state index in [2.05, 4.69) is 26.2 Å². The standard InChI is InChI=1S/C24H22BrClN2O3/c1-3-30-22-12-17(14-27-19-10-9-16(2)21(26)13-19)11-20(25)24(22)31-15-23(29)28-18-7-5-4-6-8-18/h4-14H,3,15H2,1-2H3,(H,28,29). The van der Waals surface area contributed by atoms with Crippen molar-refractivity contribution in [2.45, 2.75) is 13.8 Å². The minimum atomic E-state index is -0.262. The molecule has 31 heavy (non-hydrogen) atoms. The zero-order chi connectivity index (χ0) is 22.2. The molecule has 0 aliphatic rings. The Morgan fingerprint density at radius 1 is 1.13 bits per heavy atom. The van der Waals surface area contributed by atoms with E-state index in [-0.39, 0.29) is 12.5 Å². The van der Waals surface area contributed by atoms with E-state index in [4.69, 9.17) is 21.1 Å². The van der Waals surface area contributed by atoms with E-state index in [9.17, 15) is 4.79 Å². The van der Waals surface area contributed by atoms with Gasteiger partial charge in [0.15, 0.2) is 18.1 Å². The van der Waals surface area contributed by atoms with E-state index < -0.39 is 0 Å². The Balaban J connectivity index is 1.74. The highest BCUT2D eigenvalue weighted by Crippen LogP contribution is 2.37. The molecular weight excluding hydrogens is 480 g/mol. The minimum Gasteiger partial charge on any atom is -0.490 e. The van der Waals surface area contributed by atoms with Crippen molar-refractivity contribution >= 4 is 51.0 Å². The second kappa shape index (κ2) is 11.0. The second-order valence-electron chi connectivity index (χ2n) is 6.66. The first-order chi connectivity index (χ1) is 15.0. The van der Waals surface area contributed by atoms with Crippen LogP contribution in [0.15, 0.2) is 70.1 Å². The van der Waals surface area contributed by atoms with Crippen LogP contribution in [0.1, 0.15) is 18.1 Å². The molecular formula is C24H22BrClN2O3. The van der Waals surface area contributed by atoms with Crippen LogP contribution < -0.4 is 14.8 Å². The summed E-state index contributed by atoms with van der Waals surface area (Å²) in [5, 5.41) is 3.46. The molecule has 0 unspecified atom stereocenters. The average Bonchev–Trinajstić information content (AvgIpc) is 2.75. The van der Waals surface area contributed by atoms with Gasteiger partial charge in [0.1, 0.15) is 0 Å². The van der Waals surface area contributed by atoms with Crippen LogP contribution in [0.2, 0.25) is 5.02 Å². The largest absolute Gasteiger partial charge is 0.490 e. The van der Waals surface area contributed by atoms with Crippen LogP contribution in [0.4, 0.5) is 11.4 Å². The molecule has 0 aliphatic heterocycles. The topological polar surface area (TPSA) is 59.9 Å². The monoisotopic (exact) mass is 500 g/mol. The summed E-state index contributed by atoms with van der Waals surface area (Å²) in [5.74, 6) is 0.718. The minimum absolute atomic E-state index is 0.150. The predicted molar refractivity (Wildman–Crippen MR) is 129 cm³/mol. The van der Waals surface area contributed by atoms with Crippen LogP contribution in [0.5, 0.6) is 11.5 Å². The Kier molecular flexibility index (Phi) is 8.09. The van der Waals surface area contributed by atoms with Crippen LogP contribution in [0, 0.1) is 6.92 Å². The van der Waals surface area contributed by atoms with Gasteiger partial charge in [0.2, 0.25) is 0 Å². The molecule has 0 atom stereocenters. The third-order valence-corrected chi connectivity index (χ3v) is 5.25. The summed E-state index contributed by atoms with van der Waals surface area (Å²) in [6.45, 7) is 4.13. The number of hydrogen-bond acceptors (Lipinski definition) is 4. The first-order valence-corrected chi connectivity index (χ1v) is 10.9. The van der Waals surface area contributed by atoms with Gasteiger partial charge >= 0.3 is 0 Å². The molecule has 3 aromatic rings. The zero-order valence-electron chi connectivity index (χ0n) is 17.2. The quantitative estimate of drug-likeness (QED) is 0.355. The van der Waals surface area contributed by atoms with Gasteiger partial charge in [-0.25, -0.2) is 0 Å². The first-order valence-electron chi connectivity index (χ1n) is 9.70. The van der Waals surface area contributed by atoms with Gasteiger partial charge in [-0.2, -0.15) is 0 Å². The van der Waals surface area contributed by atoms with Crippen LogP contribution in [0.25, 0.3) is 0 Å². The summed E-state index contributed by atoms with van der Waals surface area (Å²) in [6.07, 6.45) is 1.72. The number of carbonyl (C=O) groups excluding carboxylic acids is 1. The Hall–Kier alpha value is -2.83. The summed E-state index contributed by atoms with van der Waals surface area (Å²) >= 11 is 9.68. The number of para-hydroxylation sites is 1. The lowest BCUT2D eigenvalue weighted by Gasteiger charge is -2.14. The number of nitrogens with zero attached hydrogens (tertiary/aromatic N) is 1. The van der Waals surface area contributed by atoms with Gasteiger partial charge in [-0.05, 0) is 77.3 Å². The summed E-state index contributed by atoms with van der Waals surface area (Å²) in [5.41, 5.74) is 3.28. The van der Waals surface area contributed by atoms with Crippen molar-refractivity contribution in [3.05, 3.63) is 81.3 Å². The fraction of sp³-hybridized carbons (Fsp3) is 0.167. The predicted octanol–water partition coefficient (Wildman–Crippen LogP) is 6.58. The molecule has 0 saturated heterocycles. The number of carbonyl (C=O) groups is 1. The third kappa shape index (κ3) is 6.57. The molecule has 0 fully saturated rings. The van der Waals surface area contributed by atoms with Crippen molar-refractivity contribution in [2.24, 2.45) is 4.99 Å². The number of aliphatic imine (C=N–C) groups is 1. The van der Waals surface area contributed by atoms with Gasteiger partial charge in [0.25, 0.3) is 5.91 Å². The van der Waals surface area contributed by atoms with Gasteiger partial charge in [-0.3, -0.25) is 9.79 Å². The lowest BCUT2D eigenvalue weighted by atomic mass is 10.2. The van der Waals surface area contributed by atoms with E-state index in [1.807, 2.05) is 74.5 Å². The summed E-state index contributed by atoms with van der Waals surface area (Å²) in [7, 11) is 0. The molecule has 0 aromatic heterocycles. The van der Waals surface area contributed by atoms with Gasteiger partial charge < -0.3 is 14.8 Å². The fourth-order valence-electron chi connectivity index (χ4n) is 2.73. The average molecular weight is 502 g/mol. The number of benzene rings is 3. The maximum Gasteiger partial charge on any atom is 0.262 e. The molecule has 0 aliphatic carbocycles. The maximum absolute atomic E-state index is 12.2. The van der Waals surface area contributed by atoms with Crippen molar-refractivity contribution in [1.29, 1.82) is 0 Å². The highest BCUT2D eigenvalue weighted by atomic mass is 79.9. The Bertz CT molecular complexity index is 1090. The number of ether oxygens (including phenoxy) is 2. The molecule has 0 bridgehead atoms. The summed E-state index contributed by atoms with van der Waals surface area (Å²) in [4.78, 5) is 16.7. The molecule has 5 nitrogen and oxygen atoms in total. The lowest BCUT2D eigenvalue weighted by Crippen LogP contribution is -2.20. The number of nitrogens with one attached hydrogen (secondary N) is 1. The molecule has 3 rings (SSSR count). The number of halogens is 2. The van der Waals surface area contributed by atoms with E-state index in [1.165, 1.54) is 0 Å². The third-order valence-electron chi connectivity index (χ3n) is 4.25. The molecule has 0 saturated carbocycles. The number of hydrogen-bond donors (Lipinski definition) is 1. The fourth-order valence-corrected chi connectivity index (χ4v) is 3.48. The Labute approximate surface area is 195 Å². The number of amides is 1. The highest BCUT2D eigenvalue weighted by molar-refractivity contribution is 9.10. The molecule has 7 heteroatoms.